The molecule has 2 rings (SSSR count). The summed E-state index contributed by atoms with van der Waals surface area (Å²) in [6.07, 6.45) is 1.13. The van der Waals surface area contributed by atoms with Crippen molar-refractivity contribution in [2.45, 2.75) is 19.9 Å². The fraction of sp³-hybridized carbons (Fsp3) is 0.333. The molecular weight excluding hydrogens is 222 g/mol. The Morgan fingerprint density at radius 2 is 2.20 bits per heavy atom. The van der Waals surface area contributed by atoms with Crippen LogP contribution in [-0.2, 0) is 13.0 Å². The molecule has 0 atom stereocenters. The highest BCUT2D eigenvalue weighted by molar-refractivity contribution is 7.11. The van der Waals surface area contributed by atoms with Gasteiger partial charge in [0, 0.05) is 16.3 Å². The number of hydrogen-bond acceptors (Lipinski definition) is 3. The monoisotopic (exact) mass is 237 g/mol. The number of aryl methyl sites for hydroxylation is 1. The maximum atomic E-state index is 3.47. The third-order valence-corrected chi connectivity index (χ3v) is 4.00. The van der Waals surface area contributed by atoms with Crippen molar-refractivity contribution in [3.05, 3.63) is 44.3 Å². The quantitative estimate of drug-likeness (QED) is 0.785. The van der Waals surface area contributed by atoms with Gasteiger partial charge in [0.25, 0.3) is 0 Å². The van der Waals surface area contributed by atoms with E-state index < -0.39 is 0 Å². The Morgan fingerprint density at radius 3 is 2.87 bits per heavy atom. The highest BCUT2D eigenvalue weighted by Gasteiger charge is 1.96. The van der Waals surface area contributed by atoms with Crippen molar-refractivity contribution in [2.24, 2.45) is 0 Å². The maximum Gasteiger partial charge on any atom is 0.0299 e. The zero-order valence-electron chi connectivity index (χ0n) is 8.82. The molecular formula is C12H15NS2. The molecule has 2 heterocycles. The maximum absolute atomic E-state index is 3.47. The molecule has 0 aromatic carbocycles. The first-order valence-corrected chi connectivity index (χ1v) is 6.87. The van der Waals surface area contributed by atoms with Gasteiger partial charge in [-0.15, -0.1) is 11.3 Å². The number of thiophene rings is 2. The lowest BCUT2D eigenvalue weighted by Gasteiger charge is -2.01. The van der Waals surface area contributed by atoms with Crippen molar-refractivity contribution in [1.29, 1.82) is 0 Å². The highest BCUT2D eigenvalue weighted by atomic mass is 32.1. The summed E-state index contributed by atoms with van der Waals surface area (Å²) in [6, 6.07) is 6.58. The van der Waals surface area contributed by atoms with Crippen LogP contribution in [-0.4, -0.2) is 6.54 Å². The number of rotatable bonds is 5. The van der Waals surface area contributed by atoms with E-state index >= 15 is 0 Å². The predicted octanol–water partition coefficient (Wildman–Crippen LogP) is 3.45. The first-order chi connectivity index (χ1) is 7.34. The molecule has 0 saturated carbocycles. The standard InChI is InChI=1S/C12H15NS2/c1-10-2-3-12(15-10)8-13-6-4-11-5-7-14-9-11/h2-3,5,7,9,13H,4,6,8H2,1H3. The minimum absolute atomic E-state index is 1.00. The molecule has 0 aliphatic carbocycles. The molecule has 2 aromatic heterocycles. The second-order valence-electron chi connectivity index (χ2n) is 3.57. The van der Waals surface area contributed by atoms with Gasteiger partial charge in [-0.05, 0) is 54.4 Å². The van der Waals surface area contributed by atoms with E-state index in [2.05, 4.69) is 41.2 Å². The minimum Gasteiger partial charge on any atom is -0.312 e. The van der Waals surface area contributed by atoms with Crippen molar-refractivity contribution >= 4 is 22.7 Å². The van der Waals surface area contributed by atoms with Gasteiger partial charge in [-0.1, -0.05) is 0 Å². The molecule has 0 spiro atoms. The van der Waals surface area contributed by atoms with Crippen LogP contribution in [0.4, 0.5) is 0 Å². The summed E-state index contributed by atoms with van der Waals surface area (Å²) in [4.78, 5) is 2.82. The molecule has 3 heteroatoms. The smallest absolute Gasteiger partial charge is 0.0299 e. The molecule has 0 fully saturated rings. The van der Waals surface area contributed by atoms with Gasteiger partial charge in [0.15, 0.2) is 0 Å². The van der Waals surface area contributed by atoms with Gasteiger partial charge in [-0.25, -0.2) is 0 Å². The normalized spacial score (nSPS) is 10.7. The Balaban J connectivity index is 1.67. The van der Waals surface area contributed by atoms with E-state index in [9.17, 15) is 0 Å². The molecule has 0 aliphatic heterocycles. The summed E-state index contributed by atoms with van der Waals surface area (Å²) in [5.41, 5.74) is 1.44. The predicted molar refractivity (Wildman–Crippen MR) is 68.8 cm³/mol. The topological polar surface area (TPSA) is 12.0 Å². The lowest BCUT2D eigenvalue weighted by Crippen LogP contribution is -2.15. The molecule has 0 amide bonds. The summed E-state index contributed by atoms with van der Waals surface area (Å²) in [5.74, 6) is 0. The van der Waals surface area contributed by atoms with Crippen LogP contribution in [0.1, 0.15) is 15.3 Å². The molecule has 0 radical (unpaired) electrons. The molecule has 0 unspecified atom stereocenters. The zero-order chi connectivity index (χ0) is 10.5. The average molecular weight is 237 g/mol. The Morgan fingerprint density at radius 1 is 1.27 bits per heavy atom. The summed E-state index contributed by atoms with van der Waals surface area (Å²) >= 11 is 3.65. The summed E-state index contributed by atoms with van der Waals surface area (Å²) in [5, 5.41) is 7.82. The Hall–Kier alpha value is -0.640. The molecule has 0 saturated heterocycles. The van der Waals surface area contributed by atoms with E-state index in [-0.39, 0.29) is 0 Å². The summed E-state index contributed by atoms with van der Waals surface area (Å²) < 4.78 is 0. The average Bonchev–Trinajstić information content (AvgIpc) is 2.84. The minimum atomic E-state index is 1.00. The second kappa shape index (κ2) is 5.45. The Bertz CT molecular complexity index is 389. The van der Waals surface area contributed by atoms with Crippen LogP contribution in [0.15, 0.2) is 29.0 Å². The number of hydrogen-bond donors (Lipinski definition) is 1. The van der Waals surface area contributed by atoms with Crippen LogP contribution in [0, 0.1) is 6.92 Å². The van der Waals surface area contributed by atoms with E-state index in [1.165, 1.54) is 15.3 Å². The summed E-state index contributed by atoms with van der Waals surface area (Å²) in [7, 11) is 0. The Labute approximate surface area is 98.8 Å². The van der Waals surface area contributed by atoms with E-state index in [1.54, 1.807) is 11.3 Å². The van der Waals surface area contributed by atoms with Crippen molar-refractivity contribution in [3.8, 4) is 0 Å². The molecule has 0 aliphatic rings. The van der Waals surface area contributed by atoms with Crippen LogP contribution < -0.4 is 5.32 Å². The van der Waals surface area contributed by atoms with Crippen molar-refractivity contribution in [3.63, 3.8) is 0 Å². The fourth-order valence-electron chi connectivity index (χ4n) is 1.46. The van der Waals surface area contributed by atoms with E-state index in [0.717, 1.165) is 19.5 Å². The van der Waals surface area contributed by atoms with Gasteiger partial charge in [-0.3, -0.25) is 0 Å². The first kappa shape index (κ1) is 10.9. The van der Waals surface area contributed by atoms with Crippen LogP contribution in [0.3, 0.4) is 0 Å². The van der Waals surface area contributed by atoms with Gasteiger partial charge < -0.3 is 5.32 Å². The van der Waals surface area contributed by atoms with Crippen LogP contribution in [0.25, 0.3) is 0 Å². The zero-order valence-corrected chi connectivity index (χ0v) is 10.5. The molecule has 0 bridgehead atoms. The van der Waals surface area contributed by atoms with Gasteiger partial charge >= 0.3 is 0 Å². The molecule has 1 N–H and O–H groups in total. The van der Waals surface area contributed by atoms with Gasteiger partial charge in [0.05, 0.1) is 0 Å². The summed E-state index contributed by atoms with van der Waals surface area (Å²) in [6.45, 7) is 4.22. The number of nitrogens with one attached hydrogen (secondary N) is 1. The first-order valence-electron chi connectivity index (χ1n) is 5.12. The van der Waals surface area contributed by atoms with Crippen molar-refractivity contribution < 1.29 is 0 Å². The molecule has 15 heavy (non-hydrogen) atoms. The lowest BCUT2D eigenvalue weighted by atomic mass is 10.2. The van der Waals surface area contributed by atoms with E-state index in [1.807, 2.05) is 11.3 Å². The van der Waals surface area contributed by atoms with Gasteiger partial charge in [0.1, 0.15) is 0 Å². The van der Waals surface area contributed by atoms with Crippen molar-refractivity contribution in [1.82, 2.24) is 5.32 Å². The van der Waals surface area contributed by atoms with Crippen LogP contribution in [0.5, 0.6) is 0 Å². The molecule has 80 valence electrons. The third-order valence-electron chi connectivity index (χ3n) is 2.27. The van der Waals surface area contributed by atoms with Gasteiger partial charge in [0.2, 0.25) is 0 Å². The van der Waals surface area contributed by atoms with Crippen LogP contribution in [0.2, 0.25) is 0 Å². The molecule has 2 aromatic rings. The molecule has 1 nitrogen and oxygen atoms in total. The largest absolute Gasteiger partial charge is 0.312 e. The lowest BCUT2D eigenvalue weighted by molar-refractivity contribution is 0.694. The van der Waals surface area contributed by atoms with Crippen LogP contribution >= 0.6 is 22.7 Å². The van der Waals surface area contributed by atoms with Gasteiger partial charge in [-0.2, -0.15) is 11.3 Å². The Kier molecular flexibility index (Phi) is 3.94. The van der Waals surface area contributed by atoms with E-state index in [4.69, 9.17) is 0 Å². The van der Waals surface area contributed by atoms with Crippen molar-refractivity contribution in [2.75, 3.05) is 6.54 Å². The second-order valence-corrected chi connectivity index (χ2v) is 5.72. The fourth-order valence-corrected chi connectivity index (χ4v) is 3.02. The SMILES string of the molecule is Cc1ccc(CNCCc2ccsc2)s1. The third kappa shape index (κ3) is 3.45. The van der Waals surface area contributed by atoms with E-state index in [0.29, 0.717) is 0 Å². The highest BCUT2D eigenvalue weighted by Crippen LogP contribution is 2.14.